The Kier molecular flexibility index (Phi) is 7.51. The van der Waals surface area contributed by atoms with Gasteiger partial charge < -0.3 is 24.3 Å². The van der Waals surface area contributed by atoms with Gasteiger partial charge in [0.05, 0.1) is 6.61 Å². The van der Waals surface area contributed by atoms with Crippen LogP contribution >= 0.6 is 0 Å². The van der Waals surface area contributed by atoms with E-state index in [9.17, 15) is 10.0 Å². The molecule has 0 aliphatic heterocycles. The topological polar surface area (TPSA) is 68.2 Å². The van der Waals surface area contributed by atoms with Gasteiger partial charge in [0.25, 0.3) is 0 Å². The molecule has 106 valence electrons. The minimum atomic E-state index is -1.54. The average molecular weight is 268 g/mol. The summed E-state index contributed by atoms with van der Waals surface area (Å²) < 4.78 is 16.3. The van der Waals surface area contributed by atoms with Crippen LogP contribution in [0.25, 0.3) is 0 Å². The Morgan fingerprint density at radius 3 is 2.32 bits per heavy atom. The number of rotatable bonds is 9. The maximum atomic E-state index is 9.21. The molecule has 0 aliphatic rings. The summed E-state index contributed by atoms with van der Waals surface area (Å²) in [6.07, 6.45) is 0.290. The van der Waals surface area contributed by atoms with Crippen molar-refractivity contribution in [3.63, 3.8) is 0 Å². The fourth-order valence-corrected chi connectivity index (χ4v) is 1.68. The fourth-order valence-electron chi connectivity index (χ4n) is 1.68. The molecule has 2 N–H and O–H groups in total. The second kappa shape index (κ2) is 8.93. The van der Waals surface area contributed by atoms with Gasteiger partial charge in [-0.1, -0.05) is 18.2 Å². The summed E-state index contributed by atoms with van der Waals surface area (Å²) in [6.45, 7) is 5.36. The first-order valence-corrected chi connectivity index (χ1v) is 6.50. The van der Waals surface area contributed by atoms with Crippen LogP contribution in [0, 0.1) is 0 Å². The van der Waals surface area contributed by atoms with E-state index in [1.54, 1.807) is 24.3 Å². The van der Waals surface area contributed by atoms with E-state index in [1.165, 1.54) is 0 Å². The van der Waals surface area contributed by atoms with Crippen LogP contribution in [0.2, 0.25) is 0 Å². The predicted octanol–water partition coefficient (Wildman–Crippen LogP) is 0.534. The van der Waals surface area contributed by atoms with Crippen LogP contribution in [-0.4, -0.2) is 43.3 Å². The number of ether oxygens (including phenoxy) is 3. The van der Waals surface area contributed by atoms with E-state index in [-0.39, 0.29) is 6.29 Å². The van der Waals surface area contributed by atoms with Gasteiger partial charge in [-0.05, 0) is 19.9 Å². The molecule has 1 aromatic carbocycles. The Labute approximate surface area is 114 Å². The smallest absolute Gasteiger partial charge is 0.492 e. The standard InChI is InChI=1S/C13H21BO5/c1-3-17-13(18-4-2)9-10-19-12-8-6-5-7-11(12)14(15)16/h5-8,13,15-16H,3-4,9-10H2,1-2H3. The Morgan fingerprint density at radius 1 is 1.11 bits per heavy atom. The normalized spacial score (nSPS) is 10.8. The number of hydrogen-bond acceptors (Lipinski definition) is 5. The number of hydrogen-bond donors (Lipinski definition) is 2. The first-order valence-electron chi connectivity index (χ1n) is 6.50. The highest BCUT2D eigenvalue weighted by Gasteiger charge is 2.16. The van der Waals surface area contributed by atoms with Crippen LogP contribution in [-0.2, 0) is 9.47 Å². The van der Waals surface area contributed by atoms with Crippen molar-refractivity contribution in [1.82, 2.24) is 0 Å². The average Bonchev–Trinajstić information content (AvgIpc) is 2.39. The van der Waals surface area contributed by atoms with Gasteiger partial charge in [-0.2, -0.15) is 0 Å². The summed E-state index contributed by atoms with van der Waals surface area (Å²) in [5.41, 5.74) is 0.354. The van der Waals surface area contributed by atoms with Gasteiger partial charge in [-0.25, -0.2) is 0 Å². The van der Waals surface area contributed by atoms with Gasteiger partial charge in [0.1, 0.15) is 5.75 Å². The molecule has 0 atom stereocenters. The van der Waals surface area contributed by atoms with Crippen molar-refractivity contribution in [3.05, 3.63) is 24.3 Å². The first kappa shape index (κ1) is 16.0. The van der Waals surface area contributed by atoms with Gasteiger partial charge in [-0.3, -0.25) is 0 Å². The van der Waals surface area contributed by atoms with E-state index in [0.717, 1.165) is 0 Å². The van der Waals surface area contributed by atoms with Crippen molar-refractivity contribution < 1.29 is 24.3 Å². The summed E-state index contributed by atoms with van der Waals surface area (Å²) in [6, 6.07) is 6.82. The lowest BCUT2D eigenvalue weighted by molar-refractivity contribution is -0.142. The molecule has 0 bridgehead atoms. The van der Waals surface area contributed by atoms with E-state index in [1.807, 2.05) is 13.8 Å². The summed E-state index contributed by atoms with van der Waals surface area (Å²) in [4.78, 5) is 0. The minimum absolute atomic E-state index is 0.291. The molecule has 5 nitrogen and oxygen atoms in total. The summed E-state index contributed by atoms with van der Waals surface area (Å²) >= 11 is 0. The summed E-state index contributed by atoms with van der Waals surface area (Å²) in [7, 11) is -1.54. The van der Waals surface area contributed by atoms with Crippen molar-refractivity contribution >= 4 is 12.6 Å². The predicted molar refractivity (Wildman–Crippen MR) is 73.4 cm³/mol. The van der Waals surface area contributed by atoms with Crippen molar-refractivity contribution in [1.29, 1.82) is 0 Å². The maximum Gasteiger partial charge on any atom is 0.492 e. The van der Waals surface area contributed by atoms with Gasteiger partial charge in [-0.15, -0.1) is 0 Å². The SMILES string of the molecule is CCOC(CCOc1ccccc1B(O)O)OCC. The molecule has 19 heavy (non-hydrogen) atoms. The van der Waals surface area contributed by atoms with Gasteiger partial charge in [0, 0.05) is 25.1 Å². The zero-order valence-corrected chi connectivity index (χ0v) is 11.4. The van der Waals surface area contributed by atoms with Crippen LogP contribution in [0.15, 0.2) is 24.3 Å². The molecule has 0 amide bonds. The Morgan fingerprint density at radius 2 is 1.74 bits per heavy atom. The highest BCUT2D eigenvalue weighted by molar-refractivity contribution is 6.59. The van der Waals surface area contributed by atoms with Crippen molar-refractivity contribution in [3.8, 4) is 5.75 Å². The van der Waals surface area contributed by atoms with E-state index in [0.29, 0.717) is 37.5 Å². The molecule has 0 spiro atoms. The van der Waals surface area contributed by atoms with Crippen LogP contribution < -0.4 is 10.2 Å². The second-order valence-corrected chi connectivity index (χ2v) is 3.89. The Hall–Kier alpha value is -1.08. The lowest BCUT2D eigenvalue weighted by atomic mass is 9.79. The van der Waals surface area contributed by atoms with E-state index >= 15 is 0 Å². The van der Waals surface area contributed by atoms with Crippen molar-refractivity contribution in [2.75, 3.05) is 19.8 Å². The second-order valence-electron chi connectivity index (χ2n) is 3.89. The molecule has 6 heteroatoms. The molecule has 0 saturated carbocycles. The maximum absolute atomic E-state index is 9.21. The first-order chi connectivity index (χ1) is 9.19. The highest BCUT2D eigenvalue weighted by atomic mass is 16.7. The quantitative estimate of drug-likeness (QED) is 0.505. The monoisotopic (exact) mass is 268 g/mol. The minimum Gasteiger partial charge on any atom is -0.494 e. The van der Waals surface area contributed by atoms with E-state index in [2.05, 4.69) is 0 Å². The van der Waals surface area contributed by atoms with Crippen LogP contribution in [0.4, 0.5) is 0 Å². The highest BCUT2D eigenvalue weighted by Crippen LogP contribution is 2.09. The zero-order chi connectivity index (χ0) is 14.1. The lowest BCUT2D eigenvalue weighted by Gasteiger charge is -2.17. The third-order valence-electron chi connectivity index (χ3n) is 2.51. The Balaban J connectivity index is 2.47. The summed E-state index contributed by atoms with van der Waals surface area (Å²) in [5.74, 6) is 0.462. The molecule has 0 aromatic heterocycles. The number of para-hydroxylation sites is 1. The molecule has 0 aliphatic carbocycles. The van der Waals surface area contributed by atoms with E-state index < -0.39 is 7.12 Å². The van der Waals surface area contributed by atoms with Crippen molar-refractivity contribution in [2.45, 2.75) is 26.6 Å². The molecule has 0 radical (unpaired) electrons. The van der Waals surface area contributed by atoms with Crippen LogP contribution in [0.3, 0.4) is 0 Å². The molecule has 0 heterocycles. The molecule has 1 aromatic rings. The fraction of sp³-hybridized carbons (Fsp3) is 0.538. The van der Waals surface area contributed by atoms with Crippen LogP contribution in [0.1, 0.15) is 20.3 Å². The summed E-state index contributed by atoms with van der Waals surface area (Å²) in [5, 5.41) is 18.4. The molecule has 0 unspecified atom stereocenters. The van der Waals surface area contributed by atoms with E-state index in [4.69, 9.17) is 14.2 Å². The zero-order valence-electron chi connectivity index (χ0n) is 11.4. The third kappa shape index (κ3) is 5.61. The van der Waals surface area contributed by atoms with Crippen molar-refractivity contribution in [2.24, 2.45) is 0 Å². The molecule has 1 rings (SSSR count). The van der Waals surface area contributed by atoms with Crippen LogP contribution in [0.5, 0.6) is 5.75 Å². The van der Waals surface area contributed by atoms with Gasteiger partial charge in [0.2, 0.25) is 0 Å². The molecule has 0 saturated heterocycles. The Bertz CT molecular complexity index is 353. The molecular formula is C13H21BO5. The molecule has 0 fully saturated rings. The number of benzene rings is 1. The van der Waals surface area contributed by atoms with Gasteiger partial charge >= 0.3 is 7.12 Å². The lowest BCUT2D eigenvalue weighted by Crippen LogP contribution is -2.31. The van der Waals surface area contributed by atoms with Gasteiger partial charge in [0.15, 0.2) is 6.29 Å². The third-order valence-corrected chi connectivity index (χ3v) is 2.51. The molecular weight excluding hydrogens is 247 g/mol. The largest absolute Gasteiger partial charge is 0.494 e.